The Morgan fingerprint density at radius 1 is 1.02 bits per heavy atom. The molecule has 9 heteroatoms. The summed E-state index contributed by atoms with van der Waals surface area (Å²) in [6.07, 6.45) is 7.26. The van der Waals surface area contributed by atoms with Crippen LogP contribution in [0, 0.1) is 52.3 Å². The Bertz CT molecular complexity index is 1050. The van der Waals surface area contributed by atoms with Crippen LogP contribution in [-0.2, 0) is 14.9 Å². The first-order chi connectivity index (χ1) is 18.7. The second-order valence-electron chi connectivity index (χ2n) is 14.8. The van der Waals surface area contributed by atoms with E-state index in [1.165, 1.54) is 0 Å². The molecule has 5 fully saturated rings. The number of aliphatic hydroxyl groups excluding tert-OH is 3. The maximum Gasteiger partial charge on any atom is 0.266 e. The average Bonchev–Trinajstić information content (AvgIpc) is 3.48. The molecule has 4 aliphatic carbocycles. The molecule has 1 heterocycles. The minimum atomic E-state index is -4.14. The molecule has 4 N–H and O–H groups in total. The number of carbonyl (C=O) groups is 1. The molecular weight excluding hydrogens is 530 g/mol. The number of nitrogens with zero attached hydrogens (tertiary/aromatic N) is 1. The lowest BCUT2D eigenvalue weighted by Gasteiger charge is -2.65. The predicted octanol–water partition coefficient (Wildman–Crippen LogP) is 3.88. The lowest BCUT2D eigenvalue weighted by molar-refractivity contribution is -0.228. The molecule has 0 unspecified atom stereocenters. The molecule has 0 aromatic carbocycles. The van der Waals surface area contributed by atoms with Crippen molar-refractivity contribution in [1.29, 1.82) is 0 Å². The summed E-state index contributed by atoms with van der Waals surface area (Å²) in [4.78, 5) is 14.8. The highest BCUT2D eigenvalue weighted by atomic mass is 32.2. The van der Waals surface area contributed by atoms with Crippen LogP contribution in [0.3, 0.4) is 0 Å². The van der Waals surface area contributed by atoms with Crippen LogP contribution in [0.4, 0.5) is 0 Å². The van der Waals surface area contributed by atoms with Gasteiger partial charge >= 0.3 is 0 Å². The number of aliphatic hydroxyl groups is 3. The van der Waals surface area contributed by atoms with Gasteiger partial charge in [-0.05, 0) is 110 Å². The summed E-state index contributed by atoms with van der Waals surface area (Å²) in [7, 11) is -4.14. The highest BCUT2D eigenvalue weighted by molar-refractivity contribution is 7.85. The standard InChI is InChI=1S/C31H53NO7S/c1-5-21-24-15-20(33)12-13-30(24,3)25-16-26(34)31(4)22(9-10-23(31)28(25)29(21)36)18(2)8-11-27(35)32-14-6-7-19(32)17-40(37,38)39/h18-26,28-29,33-34,36H,5-17H2,1-4H3,(H,37,38,39)/t18-,19+,20-,21-,22-,23+,24+,25+,26+,28+,29-,30+,31-/m1/s1. The number of hydrogen-bond acceptors (Lipinski definition) is 6. The number of amides is 1. The van der Waals surface area contributed by atoms with Crippen molar-refractivity contribution in [3.63, 3.8) is 0 Å². The molecule has 230 valence electrons. The number of fused-ring (bicyclic) bond motifs is 5. The summed E-state index contributed by atoms with van der Waals surface area (Å²) in [6.45, 7) is 9.51. The second-order valence-corrected chi connectivity index (χ2v) is 16.3. The van der Waals surface area contributed by atoms with Crippen molar-refractivity contribution in [1.82, 2.24) is 4.90 Å². The third-order valence-electron chi connectivity index (χ3n) is 13.2. The fraction of sp³-hybridized carbons (Fsp3) is 0.968. The summed E-state index contributed by atoms with van der Waals surface area (Å²) in [5.41, 5.74) is -0.294. The Labute approximate surface area is 241 Å². The molecule has 1 aliphatic heterocycles. The monoisotopic (exact) mass is 583 g/mol. The molecule has 5 aliphatic rings. The minimum absolute atomic E-state index is 0.0244. The van der Waals surface area contributed by atoms with E-state index >= 15 is 0 Å². The molecule has 0 aromatic heterocycles. The molecule has 4 saturated carbocycles. The van der Waals surface area contributed by atoms with Crippen LogP contribution in [0.1, 0.15) is 98.3 Å². The first kappa shape index (κ1) is 30.7. The van der Waals surface area contributed by atoms with Gasteiger partial charge in [0.05, 0.1) is 24.1 Å². The molecule has 8 nitrogen and oxygen atoms in total. The molecule has 40 heavy (non-hydrogen) atoms. The predicted molar refractivity (Wildman–Crippen MR) is 153 cm³/mol. The molecule has 0 radical (unpaired) electrons. The Morgan fingerprint density at radius 2 is 1.75 bits per heavy atom. The van der Waals surface area contributed by atoms with Gasteiger partial charge in [-0.15, -0.1) is 0 Å². The summed E-state index contributed by atoms with van der Waals surface area (Å²) < 4.78 is 32.2. The fourth-order valence-electron chi connectivity index (χ4n) is 11.2. The smallest absolute Gasteiger partial charge is 0.266 e. The van der Waals surface area contributed by atoms with Crippen molar-refractivity contribution in [2.24, 2.45) is 52.3 Å². The Balaban J connectivity index is 1.31. The minimum Gasteiger partial charge on any atom is -0.393 e. The second kappa shape index (κ2) is 11.1. The van der Waals surface area contributed by atoms with Crippen molar-refractivity contribution >= 4 is 16.0 Å². The fourth-order valence-corrected chi connectivity index (χ4v) is 12.0. The molecule has 5 rings (SSSR count). The van der Waals surface area contributed by atoms with Crippen LogP contribution >= 0.6 is 0 Å². The van der Waals surface area contributed by atoms with Crippen molar-refractivity contribution in [2.75, 3.05) is 12.3 Å². The van der Waals surface area contributed by atoms with E-state index < -0.39 is 34.1 Å². The van der Waals surface area contributed by atoms with E-state index in [1.807, 2.05) is 0 Å². The van der Waals surface area contributed by atoms with Crippen molar-refractivity contribution in [2.45, 2.75) is 123 Å². The van der Waals surface area contributed by atoms with Crippen LogP contribution in [0.25, 0.3) is 0 Å². The number of carbonyl (C=O) groups excluding carboxylic acids is 1. The van der Waals surface area contributed by atoms with Crippen molar-refractivity contribution in [3.8, 4) is 0 Å². The van der Waals surface area contributed by atoms with E-state index in [-0.39, 0.29) is 64.3 Å². The summed E-state index contributed by atoms with van der Waals surface area (Å²) in [5, 5.41) is 34.3. The van der Waals surface area contributed by atoms with Gasteiger partial charge in [-0.3, -0.25) is 9.35 Å². The first-order valence-electron chi connectivity index (χ1n) is 16.0. The highest BCUT2D eigenvalue weighted by Crippen LogP contribution is 2.69. The zero-order chi connectivity index (χ0) is 29.2. The first-order valence-corrected chi connectivity index (χ1v) is 17.6. The lowest BCUT2D eigenvalue weighted by Crippen LogP contribution is -2.65. The zero-order valence-electron chi connectivity index (χ0n) is 24.9. The highest BCUT2D eigenvalue weighted by Gasteiger charge is 2.67. The molecule has 1 saturated heterocycles. The van der Waals surface area contributed by atoms with Crippen LogP contribution in [0.2, 0.25) is 0 Å². The zero-order valence-corrected chi connectivity index (χ0v) is 25.7. The van der Waals surface area contributed by atoms with Gasteiger partial charge in [0.25, 0.3) is 10.1 Å². The van der Waals surface area contributed by atoms with E-state index in [0.29, 0.717) is 32.2 Å². The van der Waals surface area contributed by atoms with Gasteiger partial charge in [0, 0.05) is 19.0 Å². The summed E-state index contributed by atoms with van der Waals surface area (Å²) in [5.74, 6) is 1.11. The lowest BCUT2D eigenvalue weighted by atomic mass is 9.41. The van der Waals surface area contributed by atoms with Crippen LogP contribution < -0.4 is 0 Å². The van der Waals surface area contributed by atoms with Crippen molar-refractivity contribution < 1.29 is 33.1 Å². The average molecular weight is 584 g/mol. The quantitative estimate of drug-likeness (QED) is 0.334. The van der Waals surface area contributed by atoms with E-state index in [0.717, 1.165) is 44.9 Å². The Kier molecular flexibility index (Phi) is 8.50. The summed E-state index contributed by atoms with van der Waals surface area (Å²) >= 11 is 0. The largest absolute Gasteiger partial charge is 0.393 e. The van der Waals surface area contributed by atoms with Gasteiger partial charge in [-0.1, -0.05) is 34.1 Å². The van der Waals surface area contributed by atoms with E-state index in [9.17, 15) is 33.1 Å². The summed E-state index contributed by atoms with van der Waals surface area (Å²) in [6, 6.07) is -0.450. The number of likely N-dealkylation sites (tertiary alicyclic amines) is 1. The van der Waals surface area contributed by atoms with Crippen LogP contribution in [0.5, 0.6) is 0 Å². The van der Waals surface area contributed by atoms with Gasteiger partial charge in [-0.2, -0.15) is 8.42 Å². The van der Waals surface area contributed by atoms with Gasteiger partial charge in [0.1, 0.15) is 0 Å². The normalized spacial score (nSPS) is 47.9. The maximum absolute atomic E-state index is 13.1. The van der Waals surface area contributed by atoms with Gasteiger partial charge in [0.15, 0.2) is 0 Å². The third-order valence-corrected chi connectivity index (χ3v) is 14.0. The van der Waals surface area contributed by atoms with Crippen LogP contribution in [0.15, 0.2) is 0 Å². The van der Waals surface area contributed by atoms with Gasteiger partial charge in [0.2, 0.25) is 5.91 Å². The Hall–Kier alpha value is -0.740. The van der Waals surface area contributed by atoms with E-state index in [2.05, 4.69) is 27.7 Å². The number of rotatable bonds is 7. The van der Waals surface area contributed by atoms with Gasteiger partial charge in [-0.25, -0.2) is 0 Å². The molecule has 0 bridgehead atoms. The maximum atomic E-state index is 13.1. The molecule has 13 atom stereocenters. The van der Waals surface area contributed by atoms with E-state index in [4.69, 9.17) is 0 Å². The molecule has 0 spiro atoms. The number of hydrogen-bond donors (Lipinski definition) is 4. The Morgan fingerprint density at radius 3 is 2.42 bits per heavy atom. The SMILES string of the molecule is CC[C@H]1[C@@H](O)[C@@H]2[C@H](C[C@H](O)[C@]3(C)[C@@H]([C@H](C)CCC(=O)N4CCC[C@H]4CS(=O)(=O)O)CC[C@@H]23)[C@@]2(C)CC[C@@H](O)C[C@@H]12. The van der Waals surface area contributed by atoms with Crippen molar-refractivity contribution in [3.05, 3.63) is 0 Å². The molecule has 0 aromatic rings. The molecule has 1 amide bonds. The molecular formula is C31H53NO7S. The third kappa shape index (κ3) is 5.07. The van der Waals surface area contributed by atoms with Crippen LogP contribution in [-0.4, -0.2) is 75.7 Å². The van der Waals surface area contributed by atoms with Gasteiger partial charge < -0.3 is 20.2 Å². The van der Waals surface area contributed by atoms with E-state index in [1.54, 1.807) is 4.90 Å². The topological polar surface area (TPSA) is 135 Å².